The number of rotatable bonds is 3. The van der Waals surface area contributed by atoms with Crippen molar-refractivity contribution >= 4 is 11.8 Å². The van der Waals surface area contributed by atoms with Gasteiger partial charge in [-0.2, -0.15) is 0 Å². The van der Waals surface area contributed by atoms with Gasteiger partial charge in [0.15, 0.2) is 0 Å². The summed E-state index contributed by atoms with van der Waals surface area (Å²) >= 11 is 0. The Labute approximate surface area is 112 Å². The Hall–Kier alpha value is -2.04. The van der Waals surface area contributed by atoms with Gasteiger partial charge < -0.3 is 15.4 Å². The van der Waals surface area contributed by atoms with Crippen molar-refractivity contribution in [3.05, 3.63) is 29.8 Å². The molecule has 0 unspecified atom stereocenters. The third-order valence-corrected chi connectivity index (χ3v) is 3.22. The van der Waals surface area contributed by atoms with Gasteiger partial charge in [-0.05, 0) is 31.5 Å². The maximum atomic E-state index is 11.9. The molecule has 0 aliphatic carbocycles. The second-order valence-electron chi connectivity index (χ2n) is 5.19. The molecule has 1 heterocycles. The van der Waals surface area contributed by atoms with Gasteiger partial charge in [0.1, 0.15) is 17.3 Å². The smallest absolute Gasteiger partial charge is 0.245 e. The SMILES string of the molecule is COc1ccc(C[C@@H]2NC(=O)C(C)(C)NC2=O)cc1. The molecule has 1 aromatic carbocycles. The Bertz CT molecular complexity index is 494. The van der Waals surface area contributed by atoms with Crippen LogP contribution in [0.25, 0.3) is 0 Å². The van der Waals surface area contributed by atoms with Gasteiger partial charge in [0.2, 0.25) is 11.8 Å². The number of methoxy groups -OCH3 is 1. The van der Waals surface area contributed by atoms with Crippen LogP contribution in [-0.4, -0.2) is 30.5 Å². The van der Waals surface area contributed by atoms with Crippen molar-refractivity contribution < 1.29 is 14.3 Å². The summed E-state index contributed by atoms with van der Waals surface area (Å²) in [6, 6.07) is 6.92. The van der Waals surface area contributed by atoms with Gasteiger partial charge in [-0.3, -0.25) is 9.59 Å². The predicted octanol–water partition coefficient (Wildman–Crippen LogP) is 0.631. The molecule has 0 spiro atoms. The third-order valence-electron chi connectivity index (χ3n) is 3.22. The molecule has 0 radical (unpaired) electrons. The van der Waals surface area contributed by atoms with Gasteiger partial charge in [0, 0.05) is 6.42 Å². The van der Waals surface area contributed by atoms with E-state index in [2.05, 4.69) is 10.6 Å². The summed E-state index contributed by atoms with van der Waals surface area (Å²) in [5.74, 6) is 0.452. The van der Waals surface area contributed by atoms with Crippen LogP contribution in [0.4, 0.5) is 0 Å². The van der Waals surface area contributed by atoms with E-state index in [0.29, 0.717) is 6.42 Å². The van der Waals surface area contributed by atoms with E-state index in [9.17, 15) is 9.59 Å². The summed E-state index contributed by atoms with van der Waals surface area (Å²) in [5, 5.41) is 5.47. The van der Waals surface area contributed by atoms with E-state index in [-0.39, 0.29) is 11.8 Å². The van der Waals surface area contributed by atoms with Gasteiger partial charge in [-0.25, -0.2) is 0 Å². The highest BCUT2D eigenvalue weighted by atomic mass is 16.5. The minimum atomic E-state index is -0.840. The number of ether oxygens (including phenoxy) is 1. The summed E-state index contributed by atoms with van der Waals surface area (Å²) in [6.45, 7) is 3.37. The molecule has 1 fully saturated rings. The summed E-state index contributed by atoms with van der Waals surface area (Å²) in [7, 11) is 1.60. The molecule has 2 amide bonds. The molecule has 1 aromatic rings. The van der Waals surface area contributed by atoms with Crippen LogP contribution in [-0.2, 0) is 16.0 Å². The predicted molar refractivity (Wildman–Crippen MR) is 70.9 cm³/mol. The lowest BCUT2D eigenvalue weighted by atomic mass is 9.96. The van der Waals surface area contributed by atoms with Crippen molar-refractivity contribution in [1.82, 2.24) is 10.6 Å². The first-order valence-electron chi connectivity index (χ1n) is 6.18. The molecule has 1 saturated heterocycles. The molecule has 0 bridgehead atoms. The first-order valence-corrected chi connectivity index (χ1v) is 6.18. The quantitative estimate of drug-likeness (QED) is 0.839. The number of benzene rings is 1. The first-order chi connectivity index (χ1) is 8.92. The number of carbonyl (C=O) groups excluding carboxylic acids is 2. The van der Waals surface area contributed by atoms with Crippen molar-refractivity contribution in [2.45, 2.75) is 31.8 Å². The molecular weight excluding hydrogens is 244 g/mol. The molecule has 5 nitrogen and oxygen atoms in total. The van der Waals surface area contributed by atoms with Crippen LogP contribution in [0.1, 0.15) is 19.4 Å². The topological polar surface area (TPSA) is 67.4 Å². The zero-order valence-corrected chi connectivity index (χ0v) is 11.3. The van der Waals surface area contributed by atoms with E-state index in [1.54, 1.807) is 21.0 Å². The lowest BCUT2D eigenvalue weighted by molar-refractivity contribution is -0.140. The lowest BCUT2D eigenvalue weighted by Gasteiger charge is -2.34. The van der Waals surface area contributed by atoms with Gasteiger partial charge in [0.25, 0.3) is 0 Å². The molecule has 2 N–H and O–H groups in total. The second-order valence-corrected chi connectivity index (χ2v) is 5.19. The number of piperazine rings is 1. The molecule has 1 atom stereocenters. The van der Waals surface area contributed by atoms with Crippen molar-refractivity contribution in [2.75, 3.05) is 7.11 Å². The first kappa shape index (κ1) is 13.4. The summed E-state index contributed by atoms with van der Waals surface area (Å²) in [5.41, 5.74) is 0.133. The number of carbonyl (C=O) groups is 2. The van der Waals surface area contributed by atoms with Gasteiger partial charge in [-0.1, -0.05) is 12.1 Å². The highest BCUT2D eigenvalue weighted by Crippen LogP contribution is 2.15. The van der Waals surface area contributed by atoms with E-state index in [0.717, 1.165) is 11.3 Å². The molecule has 5 heteroatoms. The van der Waals surface area contributed by atoms with Crippen molar-refractivity contribution in [3.8, 4) is 5.75 Å². The fraction of sp³-hybridized carbons (Fsp3) is 0.429. The molecule has 2 rings (SSSR count). The second kappa shape index (κ2) is 4.91. The van der Waals surface area contributed by atoms with E-state index in [1.165, 1.54) is 0 Å². The Morgan fingerprint density at radius 1 is 1.21 bits per heavy atom. The zero-order valence-electron chi connectivity index (χ0n) is 11.3. The number of nitrogens with one attached hydrogen (secondary N) is 2. The Morgan fingerprint density at radius 2 is 1.84 bits per heavy atom. The van der Waals surface area contributed by atoms with Crippen LogP contribution in [0, 0.1) is 0 Å². The monoisotopic (exact) mass is 262 g/mol. The fourth-order valence-corrected chi connectivity index (χ4v) is 2.00. The highest BCUT2D eigenvalue weighted by molar-refractivity contribution is 5.99. The minimum absolute atomic E-state index is 0.152. The lowest BCUT2D eigenvalue weighted by Crippen LogP contribution is -2.67. The van der Waals surface area contributed by atoms with Crippen LogP contribution < -0.4 is 15.4 Å². The average Bonchev–Trinajstić information content (AvgIpc) is 2.36. The molecule has 0 saturated carbocycles. The third kappa shape index (κ3) is 2.86. The maximum absolute atomic E-state index is 11.9. The van der Waals surface area contributed by atoms with Crippen LogP contribution in [0.3, 0.4) is 0 Å². The number of hydrogen-bond acceptors (Lipinski definition) is 3. The summed E-state index contributed by atoms with van der Waals surface area (Å²) in [4.78, 5) is 23.7. The average molecular weight is 262 g/mol. The Balaban J connectivity index is 2.06. The van der Waals surface area contributed by atoms with Crippen LogP contribution in [0.5, 0.6) is 5.75 Å². The van der Waals surface area contributed by atoms with E-state index in [4.69, 9.17) is 4.74 Å². The fourth-order valence-electron chi connectivity index (χ4n) is 2.00. The molecule has 1 aliphatic heterocycles. The molecule has 19 heavy (non-hydrogen) atoms. The Kier molecular flexibility index (Phi) is 3.46. The molecular formula is C14H18N2O3. The summed E-state index contributed by atoms with van der Waals surface area (Å²) in [6.07, 6.45) is 0.470. The molecule has 1 aliphatic rings. The van der Waals surface area contributed by atoms with Crippen molar-refractivity contribution in [3.63, 3.8) is 0 Å². The van der Waals surface area contributed by atoms with Crippen molar-refractivity contribution in [2.24, 2.45) is 0 Å². The minimum Gasteiger partial charge on any atom is -0.497 e. The number of hydrogen-bond donors (Lipinski definition) is 2. The maximum Gasteiger partial charge on any atom is 0.245 e. The van der Waals surface area contributed by atoms with Crippen LogP contribution in [0.15, 0.2) is 24.3 Å². The van der Waals surface area contributed by atoms with E-state index < -0.39 is 11.6 Å². The Morgan fingerprint density at radius 3 is 2.42 bits per heavy atom. The summed E-state index contributed by atoms with van der Waals surface area (Å²) < 4.78 is 5.08. The standard InChI is InChI=1S/C14H18N2O3/c1-14(2)13(18)15-11(12(17)16-14)8-9-4-6-10(19-3)7-5-9/h4-7,11H,8H2,1-3H3,(H,15,18)(H,16,17)/t11-/m0/s1. The molecule has 0 aromatic heterocycles. The van der Waals surface area contributed by atoms with Gasteiger partial charge in [0.05, 0.1) is 7.11 Å². The van der Waals surface area contributed by atoms with Crippen LogP contribution in [0.2, 0.25) is 0 Å². The van der Waals surface area contributed by atoms with Gasteiger partial charge >= 0.3 is 0 Å². The highest BCUT2D eigenvalue weighted by Gasteiger charge is 2.39. The van der Waals surface area contributed by atoms with E-state index >= 15 is 0 Å². The van der Waals surface area contributed by atoms with Gasteiger partial charge in [-0.15, -0.1) is 0 Å². The normalized spacial score (nSPS) is 21.5. The van der Waals surface area contributed by atoms with Crippen LogP contribution >= 0.6 is 0 Å². The van der Waals surface area contributed by atoms with Crippen molar-refractivity contribution in [1.29, 1.82) is 0 Å². The zero-order chi connectivity index (χ0) is 14.0. The van der Waals surface area contributed by atoms with E-state index in [1.807, 2.05) is 24.3 Å². The largest absolute Gasteiger partial charge is 0.497 e. The molecule has 102 valence electrons. The number of amides is 2.